The predicted octanol–water partition coefficient (Wildman–Crippen LogP) is 0.797. The van der Waals surface area contributed by atoms with Crippen LogP contribution in [-0.4, -0.2) is 54.1 Å². The van der Waals surface area contributed by atoms with E-state index in [0.717, 1.165) is 12.8 Å². The normalized spacial score (nSPS) is 25.0. The molecule has 0 spiro atoms. The number of nitrogens with one attached hydrogen (secondary N) is 2. The first-order valence-corrected chi connectivity index (χ1v) is 7.28. The minimum Gasteiger partial charge on any atom is -0.480 e. The summed E-state index contributed by atoms with van der Waals surface area (Å²) in [7, 11) is 3.09. The Bertz CT molecular complexity index is 403. The van der Waals surface area contributed by atoms with Crippen molar-refractivity contribution in [2.24, 2.45) is 5.92 Å². The highest BCUT2D eigenvalue weighted by Gasteiger charge is 2.42. The molecule has 0 aromatic carbocycles. The molecule has 1 saturated carbocycles. The highest BCUT2D eigenvalue weighted by atomic mass is 16.4. The van der Waals surface area contributed by atoms with Gasteiger partial charge in [-0.25, -0.2) is 9.59 Å². The number of amides is 3. The molecule has 1 aliphatic carbocycles. The number of carboxylic acid groups (broad SMARTS) is 1. The molecule has 7 nitrogen and oxygen atoms in total. The lowest BCUT2D eigenvalue weighted by Gasteiger charge is -2.37. The molecule has 0 aliphatic heterocycles. The second-order valence-corrected chi connectivity index (χ2v) is 5.84. The first-order valence-electron chi connectivity index (χ1n) is 7.28. The Kier molecular flexibility index (Phi) is 5.99. The summed E-state index contributed by atoms with van der Waals surface area (Å²) < 4.78 is 0. The predicted molar refractivity (Wildman–Crippen MR) is 77.8 cm³/mol. The molecule has 0 aromatic rings. The van der Waals surface area contributed by atoms with Crippen molar-refractivity contribution in [3.63, 3.8) is 0 Å². The van der Waals surface area contributed by atoms with Crippen LogP contribution in [0.3, 0.4) is 0 Å². The van der Waals surface area contributed by atoms with Gasteiger partial charge >= 0.3 is 12.0 Å². The summed E-state index contributed by atoms with van der Waals surface area (Å²) >= 11 is 0. The Morgan fingerprint density at radius 3 is 2.33 bits per heavy atom. The first kappa shape index (κ1) is 17.3. The van der Waals surface area contributed by atoms with Gasteiger partial charge in [0.2, 0.25) is 5.91 Å². The minimum absolute atomic E-state index is 0.158. The number of carbonyl (C=O) groups excluding carboxylic acids is 2. The summed E-state index contributed by atoms with van der Waals surface area (Å²) in [5.41, 5.74) is -1.18. The van der Waals surface area contributed by atoms with Crippen LogP contribution >= 0.6 is 0 Å². The average Bonchev–Trinajstić information content (AvgIpc) is 2.46. The highest BCUT2D eigenvalue weighted by molar-refractivity contribution is 5.86. The van der Waals surface area contributed by atoms with Gasteiger partial charge in [0.25, 0.3) is 0 Å². The number of aliphatic carboxylic acids is 1. The minimum atomic E-state index is -1.18. The van der Waals surface area contributed by atoms with E-state index < -0.39 is 17.5 Å². The molecule has 0 heterocycles. The Balaban J connectivity index is 2.61. The van der Waals surface area contributed by atoms with Crippen molar-refractivity contribution in [1.29, 1.82) is 0 Å². The van der Waals surface area contributed by atoms with Crippen LogP contribution in [0.4, 0.5) is 4.79 Å². The molecular formula is C14H25N3O4. The fraction of sp³-hybridized carbons (Fsp3) is 0.786. The van der Waals surface area contributed by atoms with E-state index in [1.807, 2.05) is 0 Å². The number of hydrogen-bond donors (Lipinski definition) is 3. The zero-order valence-electron chi connectivity index (χ0n) is 12.9. The second-order valence-electron chi connectivity index (χ2n) is 5.84. The Hall–Kier alpha value is -1.79. The van der Waals surface area contributed by atoms with Crippen LogP contribution in [0.15, 0.2) is 0 Å². The fourth-order valence-electron chi connectivity index (χ4n) is 2.44. The summed E-state index contributed by atoms with van der Waals surface area (Å²) in [4.78, 5) is 36.2. The summed E-state index contributed by atoms with van der Waals surface area (Å²) in [5, 5.41) is 14.6. The zero-order chi connectivity index (χ0) is 16.0. The number of carbonyl (C=O) groups is 3. The van der Waals surface area contributed by atoms with E-state index in [1.54, 1.807) is 7.05 Å². The van der Waals surface area contributed by atoms with Crippen molar-refractivity contribution in [3.05, 3.63) is 0 Å². The lowest BCUT2D eigenvalue weighted by Crippen LogP contribution is -2.58. The van der Waals surface area contributed by atoms with Crippen molar-refractivity contribution in [3.8, 4) is 0 Å². The van der Waals surface area contributed by atoms with E-state index in [1.165, 1.54) is 11.9 Å². The average molecular weight is 299 g/mol. The van der Waals surface area contributed by atoms with Crippen molar-refractivity contribution in [2.75, 3.05) is 20.6 Å². The van der Waals surface area contributed by atoms with Crippen LogP contribution in [0.25, 0.3) is 0 Å². The standard InChI is InChI=1S/C14H25N3O4/c1-10-4-7-14(8-5-10,12(19)20)16-13(21)17(3)9-6-11(18)15-2/h10H,4-9H2,1-3H3,(H,15,18)(H,16,21)(H,19,20). The third-order valence-corrected chi connectivity index (χ3v) is 4.18. The van der Waals surface area contributed by atoms with Crippen molar-refractivity contribution < 1.29 is 19.5 Å². The topological polar surface area (TPSA) is 98.7 Å². The van der Waals surface area contributed by atoms with Gasteiger partial charge in [-0.05, 0) is 31.6 Å². The quantitative estimate of drug-likeness (QED) is 0.699. The van der Waals surface area contributed by atoms with E-state index in [9.17, 15) is 19.5 Å². The molecule has 3 amide bonds. The lowest BCUT2D eigenvalue weighted by molar-refractivity contribution is -0.146. The molecule has 120 valence electrons. The first-order chi connectivity index (χ1) is 9.80. The number of rotatable bonds is 5. The molecule has 21 heavy (non-hydrogen) atoms. The molecular weight excluding hydrogens is 274 g/mol. The van der Waals surface area contributed by atoms with Gasteiger partial charge in [-0.1, -0.05) is 6.92 Å². The molecule has 0 bridgehead atoms. The second kappa shape index (κ2) is 7.28. The van der Waals surface area contributed by atoms with E-state index in [0.29, 0.717) is 18.8 Å². The lowest BCUT2D eigenvalue weighted by atomic mass is 9.77. The molecule has 0 aromatic heterocycles. The maximum Gasteiger partial charge on any atom is 0.329 e. The van der Waals surface area contributed by atoms with Crippen LogP contribution in [-0.2, 0) is 9.59 Å². The molecule has 0 radical (unpaired) electrons. The Labute approximate surface area is 125 Å². The van der Waals surface area contributed by atoms with Gasteiger partial charge in [0.05, 0.1) is 0 Å². The molecule has 1 fully saturated rings. The van der Waals surface area contributed by atoms with Gasteiger partial charge in [0.1, 0.15) is 5.54 Å². The molecule has 0 saturated heterocycles. The van der Waals surface area contributed by atoms with Gasteiger partial charge in [0, 0.05) is 27.1 Å². The monoisotopic (exact) mass is 299 g/mol. The van der Waals surface area contributed by atoms with Gasteiger partial charge < -0.3 is 20.6 Å². The van der Waals surface area contributed by atoms with E-state index in [-0.39, 0.29) is 18.9 Å². The third kappa shape index (κ3) is 4.61. The van der Waals surface area contributed by atoms with Crippen LogP contribution in [0.5, 0.6) is 0 Å². The van der Waals surface area contributed by atoms with Crippen LogP contribution in [0.1, 0.15) is 39.0 Å². The molecule has 3 N–H and O–H groups in total. The van der Waals surface area contributed by atoms with Gasteiger partial charge in [-0.2, -0.15) is 0 Å². The molecule has 1 aliphatic rings. The summed E-state index contributed by atoms with van der Waals surface area (Å²) in [6, 6.07) is -0.448. The Morgan fingerprint density at radius 1 is 1.29 bits per heavy atom. The molecule has 7 heteroatoms. The summed E-state index contributed by atoms with van der Waals surface area (Å²) in [6.45, 7) is 2.33. The van der Waals surface area contributed by atoms with Crippen molar-refractivity contribution in [2.45, 2.75) is 44.6 Å². The summed E-state index contributed by atoms with van der Waals surface area (Å²) in [6.07, 6.45) is 2.65. The van der Waals surface area contributed by atoms with E-state index in [4.69, 9.17) is 0 Å². The molecule has 1 rings (SSSR count). The van der Waals surface area contributed by atoms with Gasteiger partial charge in [-0.3, -0.25) is 4.79 Å². The van der Waals surface area contributed by atoms with Crippen LogP contribution in [0, 0.1) is 5.92 Å². The largest absolute Gasteiger partial charge is 0.480 e. The zero-order valence-corrected chi connectivity index (χ0v) is 12.9. The number of urea groups is 1. The number of nitrogens with zero attached hydrogens (tertiary/aromatic N) is 1. The maximum atomic E-state index is 12.1. The fourth-order valence-corrected chi connectivity index (χ4v) is 2.44. The number of carboxylic acids is 1. The highest BCUT2D eigenvalue weighted by Crippen LogP contribution is 2.32. The maximum absolute atomic E-state index is 12.1. The Morgan fingerprint density at radius 2 is 1.86 bits per heavy atom. The SMILES string of the molecule is CNC(=O)CCN(C)C(=O)NC1(C(=O)O)CCC(C)CC1. The smallest absolute Gasteiger partial charge is 0.329 e. The van der Waals surface area contributed by atoms with Crippen LogP contribution < -0.4 is 10.6 Å². The van der Waals surface area contributed by atoms with Gasteiger partial charge in [-0.15, -0.1) is 0 Å². The van der Waals surface area contributed by atoms with Gasteiger partial charge in [0.15, 0.2) is 0 Å². The summed E-state index contributed by atoms with van der Waals surface area (Å²) in [5.74, 6) is -0.656. The van der Waals surface area contributed by atoms with Crippen molar-refractivity contribution >= 4 is 17.9 Å². The van der Waals surface area contributed by atoms with E-state index >= 15 is 0 Å². The van der Waals surface area contributed by atoms with E-state index in [2.05, 4.69) is 17.6 Å². The molecule has 0 atom stereocenters. The van der Waals surface area contributed by atoms with Crippen LogP contribution in [0.2, 0.25) is 0 Å². The number of hydrogen-bond acceptors (Lipinski definition) is 3. The van der Waals surface area contributed by atoms with Crippen molar-refractivity contribution in [1.82, 2.24) is 15.5 Å². The third-order valence-electron chi connectivity index (χ3n) is 4.18. The molecule has 0 unspecified atom stereocenters.